The summed E-state index contributed by atoms with van der Waals surface area (Å²) in [6, 6.07) is 0. The molecule has 1 heteroatoms. The zero-order valence-electron chi connectivity index (χ0n) is 7.17. The molecule has 0 radical (unpaired) electrons. The molecule has 0 aromatic heterocycles. The zero-order valence-corrected chi connectivity index (χ0v) is 7.17. The summed E-state index contributed by atoms with van der Waals surface area (Å²) in [6.45, 7) is 9.78. The molecule has 10 heavy (non-hydrogen) atoms. The van der Waals surface area contributed by atoms with Crippen molar-refractivity contribution in [1.82, 2.24) is 0 Å². The van der Waals surface area contributed by atoms with E-state index >= 15 is 0 Å². The van der Waals surface area contributed by atoms with Crippen LogP contribution >= 0.6 is 0 Å². The van der Waals surface area contributed by atoms with Crippen LogP contribution in [0.2, 0.25) is 0 Å². The lowest BCUT2D eigenvalue weighted by Gasteiger charge is -2.20. The van der Waals surface area contributed by atoms with Gasteiger partial charge in [-0.15, -0.1) is 6.58 Å². The van der Waals surface area contributed by atoms with E-state index in [2.05, 4.69) is 20.4 Å². The Hall–Kier alpha value is -0.300. The van der Waals surface area contributed by atoms with E-state index in [0.29, 0.717) is 5.92 Å². The lowest BCUT2D eigenvalue weighted by atomic mass is 9.92. The molecular weight excluding hydrogens is 124 g/mol. The molecule has 60 valence electrons. The van der Waals surface area contributed by atoms with Crippen LogP contribution in [0.4, 0.5) is 0 Å². The fourth-order valence-electron chi connectivity index (χ4n) is 0.899. The van der Waals surface area contributed by atoms with E-state index in [1.165, 1.54) is 0 Å². The first-order chi connectivity index (χ1) is 4.63. The highest BCUT2D eigenvalue weighted by atomic mass is 16.3. The number of hydrogen-bond acceptors (Lipinski definition) is 1. The van der Waals surface area contributed by atoms with Gasteiger partial charge in [-0.3, -0.25) is 0 Å². The van der Waals surface area contributed by atoms with Gasteiger partial charge in [-0.2, -0.15) is 0 Å². The van der Waals surface area contributed by atoms with Gasteiger partial charge < -0.3 is 5.11 Å². The first-order valence-electron chi connectivity index (χ1n) is 3.94. The molecule has 1 N–H and O–H groups in total. The van der Waals surface area contributed by atoms with E-state index in [0.717, 1.165) is 6.42 Å². The predicted molar refractivity (Wildman–Crippen MR) is 44.8 cm³/mol. The molecule has 3 atom stereocenters. The topological polar surface area (TPSA) is 20.2 Å². The number of hydrogen-bond donors (Lipinski definition) is 1. The van der Waals surface area contributed by atoms with Gasteiger partial charge >= 0.3 is 0 Å². The second-order valence-corrected chi connectivity index (χ2v) is 2.97. The lowest BCUT2D eigenvalue weighted by molar-refractivity contribution is 0.0814. The second kappa shape index (κ2) is 4.51. The van der Waals surface area contributed by atoms with Gasteiger partial charge in [0.25, 0.3) is 0 Å². The van der Waals surface area contributed by atoms with Crippen molar-refractivity contribution < 1.29 is 5.11 Å². The molecule has 0 spiro atoms. The summed E-state index contributed by atoms with van der Waals surface area (Å²) in [5.41, 5.74) is 0. The summed E-state index contributed by atoms with van der Waals surface area (Å²) >= 11 is 0. The maximum atomic E-state index is 9.51. The van der Waals surface area contributed by atoms with Crippen molar-refractivity contribution >= 4 is 0 Å². The molecule has 0 bridgehead atoms. The van der Waals surface area contributed by atoms with Gasteiger partial charge in [0.15, 0.2) is 0 Å². The van der Waals surface area contributed by atoms with Crippen molar-refractivity contribution in [3.8, 4) is 0 Å². The minimum absolute atomic E-state index is 0.218. The van der Waals surface area contributed by atoms with E-state index in [9.17, 15) is 5.11 Å². The van der Waals surface area contributed by atoms with Gasteiger partial charge in [-0.1, -0.05) is 33.3 Å². The van der Waals surface area contributed by atoms with Crippen molar-refractivity contribution in [2.24, 2.45) is 11.8 Å². The number of rotatable bonds is 4. The maximum absolute atomic E-state index is 9.51. The molecule has 0 rings (SSSR count). The molecular formula is C9H18O. The van der Waals surface area contributed by atoms with Crippen molar-refractivity contribution in [2.45, 2.75) is 33.3 Å². The Morgan fingerprint density at radius 2 is 2.00 bits per heavy atom. The Balaban J connectivity index is 3.80. The zero-order chi connectivity index (χ0) is 8.15. The van der Waals surface area contributed by atoms with E-state index in [-0.39, 0.29) is 12.0 Å². The van der Waals surface area contributed by atoms with Crippen LogP contribution in [-0.4, -0.2) is 11.2 Å². The van der Waals surface area contributed by atoms with E-state index in [1.54, 1.807) is 6.08 Å². The first kappa shape index (κ1) is 9.70. The number of aliphatic hydroxyl groups excluding tert-OH is 1. The van der Waals surface area contributed by atoms with Crippen molar-refractivity contribution in [3.05, 3.63) is 12.7 Å². The fraction of sp³-hybridized carbons (Fsp3) is 0.778. The molecule has 0 saturated heterocycles. The van der Waals surface area contributed by atoms with Crippen LogP contribution in [0.1, 0.15) is 27.2 Å². The van der Waals surface area contributed by atoms with E-state index in [1.807, 2.05) is 6.92 Å². The van der Waals surface area contributed by atoms with Gasteiger partial charge in [0.05, 0.1) is 6.10 Å². The summed E-state index contributed by atoms with van der Waals surface area (Å²) in [4.78, 5) is 0. The molecule has 0 saturated carbocycles. The molecule has 1 nitrogen and oxygen atoms in total. The minimum atomic E-state index is -0.220. The molecule has 0 aromatic rings. The lowest BCUT2D eigenvalue weighted by Crippen LogP contribution is -2.23. The monoisotopic (exact) mass is 142 g/mol. The Morgan fingerprint density at radius 3 is 2.30 bits per heavy atom. The largest absolute Gasteiger partial charge is 0.392 e. The standard InChI is InChI=1S/C9H18O/c1-5-7(3)9(10)8(4)6-2/h5,7-10H,1,6H2,2-4H3/t7-,8+,9+/m1/s1. The van der Waals surface area contributed by atoms with Crippen LogP contribution in [0.5, 0.6) is 0 Å². The minimum Gasteiger partial charge on any atom is -0.392 e. The van der Waals surface area contributed by atoms with Crippen LogP contribution in [0, 0.1) is 11.8 Å². The highest BCUT2D eigenvalue weighted by Crippen LogP contribution is 2.15. The summed E-state index contributed by atoms with van der Waals surface area (Å²) in [5.74, 6) is 0.600. The molecule has 0 aliphatic rings. The Bertz CT molecular complexity index is 98.9. The normalized spacial score (nSPS) is 19.6. The third-order valence-corrected chi connectivity index (χ3v) is 2.14. The third-order valence-electron chi connectivity index (χ3n) is 2.14. The maximum Gasteiger partial charge on any atom is 0.0625 e. The molecule has 0 heterocycles. The Kier molecular flexibility index (Phi) is 4.37. The molecule has 0 aliphatic heterocycles. The van der Waals surface area contributed by atoms with Crippen LogP contribution in [0.25, 0.3) is 0 Å². The Morgan fingerprint density at radius 1 is 1.50 bits per heavy atom. The molecule has 0 aliphatic carbocycles. The van der Waals surface area contributed by atoms with E-state index < -0.39 is 0 Å². The summed E-state index contributed by atoms with van der Waals surface area (Å²) in [7, 11) is 0. The van der Waals surface area contributed by atoms with Crippen molar-refractivity contribution in [1.29, 1.82) is 0 Å². The van der Waals surface area contributed by atoms with Crippen molar-refractivity contribution in [2.75, 3.05) is 0 Å². The van der Waals surface area contributed by atoms with Crippen LogP contribution in [-0.2, 0) is 0 Å². The molecule has 0 amide bonds. The van der Waals surface area contributed by atoms with Gasteiger partial charge in [0.2, 0.25) is 0 Å². The van der Waals surface area contributed by atoms with Crippen molar-refractivity contribution in [3.63, 3.8) is 0 Å². The SMILES string of the molecule is C=C[C@@H](C)[C@H](O)[C@@H](C)CC. The van der Waals surface area contributed by atoms with Gasteiger partial charge in [0, 0.05) is 0 Å². The van der Waals surface area contributed by atoms with Gasteiger partial charge in [-0.25, -0.2) is 0 Å². The molecule has 0 unspecified atom stereocenters. The summed E-state index contributed by atoms with van der Waals surface area (Å²) in [6.07, 6.45) is 2.61. The highest BCUT2D eigenvalue weighted by Gasteiger charge is 2.16. The number of aliphatic hydroxyl groups is 1. The first-order valence-corrected chi connectivity index (χ1v) is 3.94. The summed E-state index contributed by atoms with van der Waals surface area (Å²) in [5, 5.41) is 9.51. The average Bonchev–Trinajstić information content (AvgIpc) is 2.00. The smallest absolute Gasteiger partial charge is 0.0625 e. The predicted octanol–water partition coefficient (Wildman–Crippen LogP) is 2.22. The van der Waals surface area contributed by atoms with Crippen LogP contribution in [0.3, 0.4) is 0 Å². The Labute approximate surface area is 63.8 Å². The van der Waals surface area contributed by atoms with Gasteiger partial charge in [-0.05, 0) is 11.8 Å². The third kappa shape index (κ3) is 2.53. The van der Waals surface area contributed by atoms with Crippen LogP contribution < -0.4 is 0 Å². The van der Waals surface area contributed by atoms with E-state index in [4.69, 9.17) is 0 Å². The molecule has 0 aromatic carbocycles. The van der Waals surface area contributed by atoms with Crippen LogP contribution in [0.15, 0.2) is 12.7 Å². The average molecular weight is 142 g/mol. The fourth-order valence-corrected chi connectivity index (χ4v) is 0.899. The summed E-state index contributed by atoms with van der Waals surface area (Å²) < 4.78 is 0. The highest BCUT2D eigenvalue weighted by molar-refractivity contribution is 4.83. The quantitative estimate of drug-likeness (QED) is 0.597. The van der Waals surface area contributed by atoms with Gasteiger partial charge in [0.1, 0.15) is 0 Å². The second-order valence-electron chi connectivity index (χ2n) is 2.97. The molecule has 0 fully saturated rings.